The average Bonchev–Trinajstić information content (AvgIpc) is 3.10. The summed E-state index contributed by atoms with van der Waals surface area (Å²) >= 11 is 3.38. The lowest BCUT2D eigenvalue weighted by Crippen LogP contribution is -2.47. The van der Waals surface area contributed by atoms with Crippen LogP contribution in [-0.4, -0.2) is 42.0 Å². The van der Waals surface area contributed by atoms with Gasteiger partial charge in [-0.2, -0.15) is 11.3 Å². The fourth-order valence-electron chi connectivity index (χ4n) is 2.71. The van der Waals surface area contributed by atoms with Crippen molar-refractivity contribution < 1.29 is 4.79 Å². The van der Waals surface area contributed by atoms with E-state index in [4.69, 9.17) is 4.98 Å². The van der Waals surface area contributed by atoms with Gasteiger partial charge in [-0.15, -0.1) is 0 Å². The number of thiazole rings is 1. The first kappa shape index (κ1) is 14.5. The molecule has 0 radical (unpaired) electrons. The van der Waals surface area contributed by atoms with Crippen LogP contribution < -0.4 is 4.90 Å². The Morgan fingerprint density at radius 2 is 2.24 bits per heavy atom. The Balaban J connectivity index is 1.96. The summed E-state index contributed by atoms with van der Waals surface area (Å²) in [6.45, 7) is 4.27. The van der Waals surface area contributed by atoms with E-state index in [1.54, 1.807) is 27.6 Å². The number of likely N-dealkylation sites (N-methyl/N-ethyl adjacent to an activating group) is 1. The molecule has 0 fully saturated rings. The topological polar surface area (TPSA) is 36.4 Å². The minimum absolute atomic E-state index is 0.106. The molecule has 1 atom stereocenters. The van der Waals surface area contributed by atoms with Crippen LogP contribution in [0.15, 0.2) is 16.8 Å². The monoisotopic (exact) mass is 321 g/mol. The quantitative estimate of drug-likeness (QED) is 0.871. The Hall–Kier alpha value is -1.40. The van der Waals surface area contributed by atoms with Gasteiger partial charge in [0.05, 0.1) is 5.69 Å². The van der Waals surface area contributed by atoms with Gasteiger partial charge in [0.25, 0.3) is 0 Å². The number of aromatic nitrogens is 1. The molecule has 21 heavy (non-hydrogen) atoms. The van der Waals surface area contributed by atoms with Gasteiger partial charge in [-0.25, -0.2) is 4.98 Å². The number of anilines is 1. The van der Waals surface area contributed by atoms with E-state index in [1.165, 1.54) is 5.56 Å². The van der Waals surface area contributed by atoms with Crippen LogP contribution in [0.2, 0.25) is 0 Å². The smallest absolute Gasteiger partial charge is 0.245 e. The SMILES string of the molecule is CC(C)N1c2sc(-c3ccsc3)nc2C[C@@H]1C(=O)N(C)C. The second-order valence-electron chi connectivity index (χ2n) is 5.74. The molecule has 0 spiro atoms. The van der Waals surface area contributed by atoms with Crippen LogP contribution in [-0.2, 0) is 11.2 Å². The Morgan fingerprint density at radius 1 is 1.48 bits per heavy atom. The molecule has 1 aliphatic rings. The predicted molar refractivity (Wildman–Crippen MR) is 89.2 cm³/mol. The van der Waals surface area contributed by atoms with E-state index in [9.17, 15) is 4.79 Å². The lowest BCUT2D eigenvalue weighted by Gasteiger charge is -2.31. The number of hydrogen-bond acceptors (Lipinski definition) is 5. The van der Waals surface area contributed by atoms with Crippen molar-refractivity contribution in [1.29, 1.82) is 0 Å². The van der Waals surface area contributed by atoms with E-state index >= 15 is 0 Å². The Kier molecular flexibility index (Phi) is 3.75. The highest BCUT2D eigenvalue weighted by Gasteiger charge is 2.39. The Bertz CT molecular complexity index is 646. The van der Waals surface area contributed by atoms with Gasteiger partial charge >= 0.3 is 0 Å². The fraction of sp³-hybridized carbons (Fsp3) is 0.467. The molecule has 1 aliphatic heterocycles. The van der Waals surface area contributed by atoms with E-state index < -0.39 is 0 Å². The summed E-state index contributed by atoms with van der Waals surface area (Å²) in [7, 11) is 3.63. The summed E-state index contributed by atoms with van der Waals surface area (Å²) in [6, 6.07) is 2.28. The standard InChI is InChI=1S/C15H19N3OS2/c1-9(2)18-12(14(19)17(3)4)7-11-15(18)21-13(16-11)10-5-6-20-8-10/h5-6,8-9,12H,7H2,1-4H3/t12-/m1/s1. The predicted octanol–water partition coefficient (Wildman–Crippen LogP) is 3.10. The highest BCUT2D eigenvalue weighted by atomic mass is 32.1. The summed E-state index contributed by atoms with van der Waals surface area (Å²) in [5.41, 5.74) is 2.24. The molecule has 0 aromatic carbocycles. The number of rotatable bonds is 3. The largest absolute Gasteiger partial charge is 0.347 e. The van der Waals surface area contributed by atoms with Gasteiger partial charge < -0.3 is 9.80 Å². The number of carbonyl (C=O) groups is 1. The summed E-state index contributed by atoms with van der Waals surface area (Å²) in [5.74, 6) is 0.158. The van der Waals surface area contributed by atoms with Crippen molar-refractivity contribution in [1.82, 2.24) is 9.88 Å². The molecule has 0 aliphatic carbocycles. The van der Waals surface area contributed by atoms with E-state index in [-0.39, 0.29) is 18.0 Å². The number of carbonyl (C=O) groups excluding carboxylic acids is 1. The van der Waals surface area contributed by atoms with E-state index in [1.807, 2.05) is 14.1 Å². The van der Waals surface area contributed by atoms with Gasteiger partial charge in [0, 0.05) is 37.5 Å². The van der Waals surface area contributed by atoms with Gasteiger partial charge in [0.2, 0.25) is 5.91 Å². The minimum atomic E-state index is -0.106. The summed E-state index contributed by atoms with van der Waals surface area (Å²) < 4.78 is 0. The molecule has 0 unspecified atom stereocenters. The maximum absolute atomic E-state index is 12.4. The van der Waals surface area contributed by atoms with Crippen molar-refractivity contribution in [3.8, 4) is 10.6 Å². The van der Waals surface area contributed by atoms with Crippen molar-refractivity contribution >= 4 is 33.6 Å². The van der Waals surface area contributed by atoms with Crippen molar-refractivity contribution in [2.45, 2.75) is 32.4 Å². The molecule has 0 N–H and O–H groups in total. The third kappa shape index (κ3) is 2.46. The molecular formula is C15H19N3OS2. The molecule has 2 aromatic heterocycles. The van der Waals surface area contributed by atoms with Crippen LogP contribution in [0.3, 0.4) is 0 Å². The number of amides is 1. The molecule has 0 saturated heterocycles. The van der Waals surface area contributed by atoms with Crippen molar-refractivity contribution in [2.24, 2.45) is 0 Å². The van der Waals surface area contributed by atoms with Crippen LogP contribution in [0.25, 0.3) is 10.6 Å². The third-order valence-electron chi connectivity index (χ3n) is 3.68. The maximum Gasteiger partial charge on any atom is 0.245 e. The molecule has 3 rings (SSSR count). The van der Waals surface area contributed by atoms with E-state index in [0.717, 1.165) is 15.7 Å². The normalized spacial score (nSPS) is 17.4. The first-order chi connectivity index (χ1) is 9.99. The number of hydrogen-bond donors (Lipinski definition) is 0. The van der Waals surface area contributed by atoms with Crippen molar-refractivity contribution in [3.63, 3.8) is 0 Å². The van der Waals surface area contributed by atoms with Gasteiger partial charge in [-0.1, -0.05) is 11.3 Å². The Labute approximate surface area is 133 Å². The molecule has 0 bridgehead atoms. The lowest BCUT2D eigenvalue weighted by atomic mass is 10.1. The van der Waals surface area contributed by atoms with Crippen LogP contribution >= 0.6 is 22.7 Å². The first-order valence-corrected chi connectivity index (χ1v) is 8.76. The molecule has 0 saturated carbocycles. The Morgan fingerprint density at radius 3 is 2.81 bits per heavy atom. The van der Waals surface area contributed by atoms with Gasteiger partial charge in [-0.05, 0) is 25.3 Å². The molecular weight excluding hydrogens is 302 g/mol. The summed E-state index contributed by atoms with van der Waals surface area (Å²) in [4.78, 5) is 21.1. The average molecular weight is 321 g/mol. The zero-order chi connectivity index (χ0) is 15.1. The number of thiophene rings is 1. The molecule has 112 valence electrons. The van der Waals surface area contributed by atoms with Gasteiger partial charge in [-0.3, -0.25) is 4.79 Å². The van der Waals surface area contributed by atoms with Crippen molar-refractivity contribution in [3.05, 3.63) is 22.5 Å². The molecule has 3 heterocycles. The molecule has 6 heteroatoms. The number of nitrogens with zero attached hydrogens (tertiary/aromatic N) is 3. The second-order valence-corrected chi connectivity index (χ2v) is 7.49. The molecule has 4 nitrogen and oxygen atoms in total. The third-order valence-corrected chi connectivity index (χ3v) is 5.53. The number of fused-ring (bicyclic) bond motifs is 1. The van der Waals surface area contributed by atoms with E-state index in [0.29, 0.717) is 6.42 Å². The van der Waals surface area contributed by atoms with Gasteiger partial charge in [0.15, 0.2) is 0 Å². The summed E-state index contributed by atoms with van der Waals surface area (Å²) in [5, 5.41) is 6.41. The highest BCUT2D eigenvalue weighted by molar-refractivity contribution is 7.19. The van der Waals surface area contributed by atoms with Crippen LogP contribution in [0, 0.1) is 0 Å². The minimum Gasteiger partial charge on any atom is -0.347 e. The zero-order valence-corrected chi connectivity index (χ0v) is 14.3. The van der Waals surface area contributed by atoms with Crippen LogP contribution in [0.4, 0.5) is 5.00 Å². The maximum atomic E-state index is 12.4. The van der Waals surface area contributed by atoms with Crippen LogP contribution in [0.1, 0.15) is 19.5 Å². The zero-order valence-electron chi connectivity index (χ0n) is 12.7. The van der Waals surface area contributed by atoms with Gasteiger partial charge in [0.1, 0.15) is 16.1 Å². The van der Waals surface area contributed by atoms with E-state index in [2.05, 4.69) is 35.6 Å². The molecule has 2 aromatic rings. The first-order valence-electron chi connectivity index (χ1n) is 7.00. The van der Waals surface area contributed by atoms with Crippen LogP contribution in [0.5, 0.6) is 0 Å². The molecule has 1 amide bonds. The second kappa shape index (κ2) is 5.42. The summed E-state index contributed by atoms with van der Waals surface area (Å²) in [6.07, 6.45) is 0.713. The lowest BCUT2D eigenvalue weighted by molar-refractivity contribution is -0.130. The highest BCUT2D eigenvalue weighted by Crippen LogP contribution is 2.42. The van der Waals surface area contributed by atoms with Crippen molar-refractivity contribution in [2.75, 3.05) is 19.0 Å². The fourth-order valence-corrected chi connectivity index (χ4v) is 4.70.